The Balaban J connectivity index is 3.26. The zero-order valence-electron chi connectivity index (χ0n) is 7.22. The van der Waals surface area contributed by atoms with Crippen molar-refractivity contribution < 1.29 is 23.1 Å². The molecular formula is C9H7F3O2. The summed E-state index contributed by atoms with van der Waals surface area (Å²) in [7, 11) is 0. The smallest absolute Gasteiger partial charge is 0.310 e. The molecule has 2 nitrogen and oxygen atoms in total. The van der Waals surface area contributed by atoms with Crippen molar-refractivity contribution >= 4 is 5.97 Å². The van der Waals surface area contributed by atoms with Crippen LogP contribution in [-0.2, 0) is 4.79 Å². The van der Waals surface area contributed by atoms with Crippen LogP contribution in [0, 0.1) is 17.5 Å². The zero-order valence-corrected chi connectivity index (χ0v) is 7.22. The van der Waals surface area contributed by atoms with Gasteiger partial charge < -0.3 is 5.11 Å². The third-order valence-corrected chi connectivity index (χ3v) is 1.86. The van der Waals surface area contributed by atoms with Crippen molar-refractivity contribution in [2.24, 2.45) is 0 Å². The number of aliphatic carboxylic acids is 1. The molecule has 76 valence electrons. The Kier molecular flexibility index (Phi) is 2.78. The summed E-state index contributed by atoms with van der Waals surface area (Å²) in [5, 5.41) is 8.53. The number of benzene rings is 1. The van der Waals surface area contributed by atoms with E-state index in [1.54, 1.807) is 0 Å². The van der Waals surface area contributed by atoms with Gasteiger partial charge in [-0.2, -0.15) is 0 Å². The largest absolute Gasteiger partial charge is 0.481 e. The van der Waals surface area contributed by atoms with Crippen molar-refractivity contribution in [1.29, 1.82) is 0 Å². The molecule has 1 aromatic rings. The summed E-state index contributed by atoms with van der Waals surface area (Å²) in [6.07, 6.45) is 0. The quantitative estimate of drug-likeness (QED) is 0.750. The summed E-state index contributed by atoms with van der Waals surface area (Å²) in [5.74, 6) is -6.31. The molecule has 1 atom stereocenters. The van der Waals surface area contributed by atoms with Gasteiger partial charge >= 0.3 is 5.97 Å². The summed E-state index contributed by atoms with van der Waals surface area (Å²) in [6.45, 7) is 1.15. The molecule has 0 bridgehead atoms. The number of carboxylic acids is 1. The first-order valence-corrected chi connectivity index (χ1v) is 3.80. The van der Waals surface area contributed by atoms with Gasteiger partial charge in [0.15, 0.2) is 11.6 Å². The molecule has 0 radical (unpaired) electrons. The molecule has 14 heavy (non-hydrogen) atoms. The topological polar surface area (TPSA) is 37.3 Å². The molecule has 1 rings (SSSR count). The van der Waals surface area contributed by atoms with Crippen LogP contribution in [0.15, 0.2) is 12.1 Å². The molecule has 1 unspecified atom stereocenters. The van der Waals surface area contributed by atoms with Crippen molar-refractivity contribution in [3.05, 3.63) is 35.1 Å². The second kappa shape index (κ2) is 3.69. The minimum Gasteiger partial charge on any atom is -0.481 e. The van der Waals surface area contributed by atoms with Gasteiger partial charge in [-0.25, -0.2) is 13.2 Å². The minimum atomic E-state index is -1.38. The Morgan fingerprint density at radius 1 is 1.36 bits per heavy atom. The number of hydrogen-bond acceptors (Lipinski definition) is 1. The lowest BCUT2D eigenvalue weighted by molar-refractivity contribution is -0.138. The molecular weight excluding hydrogens is 197 g/mol. The van der Waals surface area contributed by atoms with E-state index in [-0.39, 0.29) is 0 Å². The summed E-state index contributed by atoms with van der Waals surface area (Å²) >= 11 is 0. The van der Waals surface area contributed by atoms with Gasteiger partial charge in [-0.05, 0) is 13.0 Å². The molecule has 0 amide bonds. The van der Waals surface area contributed by atoms with Crippen molar-refractivity contribution in [2.45, 2.75) is 12.8 Å². The van der Waals surface area contributed by atoms with Crippen LogP contribution in [0.4, 0.5) is 13.2 Å². The van der Waals surface area contributed by atoms with Crippen molar-refractivity contribution in [1.82, 2.24) is 0 Å². The van der Waals surface area contributed by atoms with E-state index in [1.807, 2.05) is 0 Å². The number of carbonyl (C=O) groups is 1. The number of halogens is 3. The van der Waals surface area contributed by atoms with E-state index in [0.29, 0.717) is 12.1 Å². The average molecular weight is 204 g/mol. The third-order valence-electron chi connectivity index (χ3n) is 1.86. The predicted octanol–water partition coefficient (Wildman–Crippen LogP) is 2.29. The number of rotatable bonds is 2. The van der Waals surface area contributed by atoms with Gasteiger partial charge in [0, 0.05) is 11.6 Å². The summed E-state index contributed by atoms with van der Waals surface area (Å²) in [6, 6.07) is 1.05. The highest BCUT2D eigenvalue weighted by Crippen LogP contribution is 2.22. The van der Waals surface area contributed by atoms with Crippen LogP contribution < -0.4 is 0 Å². The summed E-state index contributed by atoms with van der Waals surface area (Å²) < 4.78 is 38.3. The van der Waals surface area contributed by atoms with Crippen LogP contribution in [0.1, 0.15) is 18.4 Å². The first-order valence-electron chi connectivity index (χ1n) is 3.80. The Morgan fingerprint density at radius 3 is 2.43 bits per heavy atom. The minimum absolute atomic E-state index is 0.368. The molecule has 0 heterocycles. The molecule has 0 aromatic heterocycles. The monoisotopic (exact) mass is 204 g/mol. The van der Waals surface area contributed by atoms with Gasteiger partial charge in [-0.15, -0.1) is 0 Å². The second-order valence-corrected chi connectivity index (χ2v) is 2.85. The average Bonchev–Trinajstić information content (AvgIpc) is 2.09. The van der Waals surface area contributed by atoms with Gasteiger partial charge in [0.1, 0.15) is 5.82 Å². The highest BCUT2D eigenvalue weighted by atomic mass is 19.2. The second-order valence-electron chi connectivity index (χ2n) is 2.85. The van der Waals surface area contributed by atoms with E-state index < -0.39 is 34.9 Å². The van der Waals surface area contributed by atoms with Gasteiger partial charge in [0.25, 0.3) is 0 Å². The highest BCUT2D eigenvalue weighted by Gasteiger charge is 2.21. The lowest BCUT2D eigenvalue weighted by Gasteiger charge is -2.08. The summed E-state index contributed by atoms with van der Waals surface area (Å²) in [4.78, 5) is 10.5. The molecule has 0 aliphatic heterocycles. The SMILES string of the molecule is CC(C(=O)O)c1cc(F)cc(F)c1F. The normalized spacial score (nSPS) is 12.6. The maximum Gasteiger partial charge on any atom is 0.310 e. The third kappa shape index (κ3) is 1.86. The van der Waals surface area contributed by atoms with Gasteiger partial charge in [-0.3, -0.25) is 4.79 Å². The molecule has 0 fully saturated rings. The van der Waals surface area contributed by atoms with Crippen LogP contribution in [0.25, 0.3) is 0 Å². The van der Waals surface area contributed by atoms with Gasteiger partial charge in [0.2, 0.25) is 0 Å². The van der Waals surface area contributed by atoms with Crippen LogP contribution in [0.2, 0.25) is 0 Å². The van der Waals surface area contributed by atoms with E-state index in [0.717, 1.165) is 6.92 Å². The van der Waals surface area contributed by atoms with E-state index in [4.69, 9.17) is 5.11 Å². The lowest BCUT2D eigenvalue weighted by Crippen LogP contribution is -2.10. The zero-order chi connectivity index (χ0) is 10.9. The first-order chi connectivity index (χ1) is 6.43. The van der Waals surface area contributed by atoms with Crippen LogP contribution in [-0.4, -0.2) is 11.1 Å². The summed E-state index contributed by atoms with van der Waals surface area (Å²) in [5.41, 5.74) is -0.491. The van der Waals surface area contributed by atoms with E-state index in [2.05, 4.69) is 0 Å². The predicted molar refractivity (Wildman–Crippen MR) is 42.4 cm³/mol. The van der Waals surface area contributed by atoms with E-state index in [9.17, 15) is 18.0 Å². The fourth-order valence-corrected chi connectivity index (χ4v) is 1.02. The fraction of sp³-hybridized carbons (Fsp3) is 0.222. The Hall–Kier alpha value is -1.52. The van der Waals surface area contributed by atoms with Crippen molar-refractivity contribution in [3.63, 3.8) is 0 Å². The molecule has 0 aliphatic rings. The maximum absolute atomic E-state index is 13.0. The standard InChI is InChI=1S/C9H7F3O2/c1-4(9(13)14)6-2-5(10)3-7(11)8(6)12/h2-4H,1H3,(H,13,14). The lowest BCUT2D eigenvalue weighted by atomic mass is 10.0. The highest BCUT2D eigenvalue weighted by molar-refractivity contribution is 5.75. The fourth-order valence-electron chi connectivity index (χ4n) is 1.02. The molecule has 0 saturated carbocycles. The van der Waals surface area contributed by atoms with E-state index in [1.165, 1.54) is 0 Å². The first kappa shape index (κ1) is 10.6. The van der Waals surface area contributed by atoms with Gasteiger partial charge in [0.05, 0.1) is 5.92 Å². The molecule has 0 saturated heterocycles. The Bertz CT molecular complexity index is 377. The van der Waals surface area contributed by atoms with Crippen molar-refractivity contribution in [3.8, 4) is 0 Å². The van der Waals surface area contributed by atoms with Crippen LogP contribution >= 0.6 is 0 Å². The molecule has 0 spiro atoms. The van der Waals surface area contributed by atoms with Crippen LogP contribution in [0.5, 0.6) is 0 Å². The van der Waals surface area contributed by atoms with E-state index >= 15 is 0 Å². The molecule has 5 heteroatoms. The number of hydrogen-bond donors (Lipinski definition) is 1. The maximum atomic E-state index is 13.0. The van der Waals surface area contributed by atoms with Crippen molar-refractivity contribution in [2.75, 3.05) is 0 Å². The van der Waals surface area contributed by atoms with Crippen LogP contribution in [0.3, 0.4) is 0 Å². The molecule has 0 aliphatic carbocycles. The number of carboxylic acid groups (broad SMARTS) is 1. The molecule has 1 aromatic carbocycles. The Morgan fingerprint density at radius 2 is 1.93 bits per heavy atom. The van der Waals surface area contributed by atoms with Gasteiger partial charge in [-0.1, -0.05) is 0 Å². The molecule has 1 N–H and O–H groups in total. The Labute approximate surface area is 78.0 Å².